The summed E-state index contributed by atoms with van der Waals surface area (Å²) in [7, 11) is 0. The second-order valence-electron chi connectivity index (χ2n) is 16.6. The molecule has 51 heavy (non-hydrogen) atoms. The Labute approximate surface area is 321 Å². The molecular formula is C47H94N2O2. The van der Waals surface area contributed by atoms with Gasteiger partial charge in [-0.25, -0.2) is 0 Å². The van der Waals surface area contributed by atoms with Gasteiger partial charge in [-0.15, -0.1) is 0 Å². The zero-order chi connectivity index (χ0) is 37.0. The molecule has 0 atom stereocenters. The lowest BCUT2D eigenvalue weighted by Crippen LogP contribution is -2.09. The van der Waals surface area contributed by atoms with Crippen LogP contribution in [0.2, 0.25) is 0 Å². The Bertz CT molecular complexity index is 625. The van der Waals surface area contributed by atoms with E-state index in [1.807, 2.05) is 0 Å². The van der Waals surface area contributed by atoms with Crippen molar-refractivity contribution in [2.45, 2.75) is 289 Å². The fraction of sp³-hybridized carbons (Fsp3) is 0.957. The van der Waals surface area contributed by atoms with E-state index in [4.69, 9.17) is 11.5 Å². The number of carbonyl (C=O) groups excluding carboxylic acids is 2. The third-order valence-corrected chi connectivity index (χ3v) is 11.3. The molecule has 0 aliphatic rings. The highest BCUT2D eigenvalue weighted by molar-refractivity contribution is 5.73. The van der Waals surface area contributed by atoms with E-state index in [2.05, 4.69) is 0 Å². The Morgan fingerprint density at radius 3 is 0.333 bits per heavy atom. The van der Waals surface area contributed by atoms with Gasteiger partial charge < -0.3 is 11.5 Å². The molecule has 0 aromatic heterocycles. The van der Waals surface area contributed by atoms with Gasteiger partial charge in [0.15, 0.2) is 0 Å². The second-order valence-corrected chi connectivity index (χ2v) is 16.6. The normalized spacial score (nSPS) is 11.5. The number of nitrogens with two attached hydrogens (primary N) is 2. The summed E-state index contributed by atoms with van der Waals surface area (Å²) in [6, 6.07) is 0. The topological polar surface area (TPSA) is 86.2 Å². The smallest absolute Gasteiger partial charge is 0.217 e. The average molecular weight is 719 g/mol. The highest BCUT2D eigenvalue weighted by Gasteiger charge is 1.99. The van der Waals surface area contributed by atoms with Crippen molar-refractivity contribution < 1.29 is 9.59 Å². The average Bonchev–Trinajstić information content (AvgIpc) is 3.11. The predicted octanol–water partition coefficient (Wildman–Crippen LogP) is 15.5. The summed E-state index contributed by atoms with van der Waals surface area (Å²) < 4.78 is 0. The Morgan fingerprint density at radius 1 is 0.176 bits per heavy atom. The van der Waals surface area contributed by atoms with Gasteiger partial charge in [-0.2, -0.15) is 0 Å². The largest absolute Gasteiger partial charge is 0.370 e. The van der Waals surface area contributed by atoms with Crippen LogP contribution in [-0.4, -0.2) is 11.8 Å². The highest BCUT2D eigenvalue weighted by atomic mass is 16.1. The number of rotatable bonds is 46. The molecule has 0 saturated carbocycles. The molecule has 0 fully saturated rings. The van der Waals surface area contributed by atoms with E-state index in [1.165, 1.54) is 263 Å². The van der Waals surface area contributed by atoms with Crippen molar-refractivity contribution in [1.29, 1.82) is 0 Å². The lowest BCUT2D eigenvalue weighted by atomic mass is 10.0. The molecule has 0 radical (unpaired) electrons. The second kappa shape index (κ2) is 45.1. The molecule has 0 aromatic carbocycles. The van der Waals surface area contributed by atoms with Gasteiger partial charge in [-0.1, -0.05) is 263 Å². The van der Waals surface area contributed by atoms with Gasteiger partial charge in [0.2, 0.25) is 11.8 Å². The zero-order valence-electron chi connectivity index (χ0n) is 34.8. The molecule has 0 rings (SSSR count). The van der Waals surface area contributed by atoms with Crippen LogP contribution >= 0.6 is 0 Å². The van der Waals surface area contributed by atoms with Crippen molar-refractivity contribution in [2.24, 2.45) is 11.5 Å². The third-order valence-electron chi connectivity index (χ3n) is 11.3. The van der Waals surface area contributed by atoms with Crippen molar-refractivity contribution in [2.75, 3.05) is 0 Å². The number of hydrogen-bond acceptors (Lipinski definition) is 2. The molecule has 0 saturated heterocycles. The maximum absolute atomic E-state index is 10.7. The van der Waals surface area contributed by atoms with Crippen LogP contribution < -0.4 is 11.5 Å². The van der Waals surface area contributed by atoms with Gasteiger partial charge in [0.25, 0.3) is 0 Å². The van der Waals surface area contributed by atoms with Crippen LogP contribution in [0.1, 0.15) is 289 Å². The number of primary amides is 2. The SMILES string of the molecule is NC(=O)CCCCCCCCCCCCCCCCCCCCCCCCCCCCCCCCCCCCCCCCCCCCCC(N)=O. The molecule has 0 unspecified atom stereocenters. The van der Waals surface area contributed by atoms with E-state index in [1.54, 1.807) is 0 Å². The minimum Gasteiger partial charge on any atom is -0.370 e. The van der Waals surface area contributed by atoms with Crippen LogP contribution in [0.3, 0.4) is 0 Å². The number of amides is 2. The summed E-state index contributed by atoms with van der Waals surface area (Å²) in [6.07, 6.45) is 61.3. The zero-order valence-corrected chi connectivity index (χ0v) is 34.8. The van der Waals surface area contributed by atoms with Crippen LogP contribution in [-0.2, 0) is 9.59 Å². The quantitative estimate of drug-likeness (QED) is 0.0614. The first kappa shape index (κ1) is 49.9. The Kier molecular flexibility index (Phi) is 44.2. The molecule has 4 nitrogen and oxygen atoms in total. The van der Waals surface area contributed by atoms with Gasteiger partial charge in [-0.3, -0.25) is 9.59 Å². The minimum atomic E-state index is -0.149. The lowest BCUT2D eigenvalue weighted by molar-refractivity contribution is -0.119. The molecule has 304 valence electrons. The molecule has 0 heterocycles. The standard InChI is InChI=1S/C47H94N2O2/c48-46(50)44-42-40-38-36-34-32-30-28-26-24-22-20-18-16-14-12-10-8-6-4-2-1-3-5-7-9-11-13-15-17-19-21-23-25-27-29-31-33-35-37-39-41-43-45-47(49)51/h1-45H2,(H2,48,50)(H2,49,51). The molecule has 0 aromatic rings. The van der Waals surface area contributed by atoms with Gasteiger partial charge in [0.05, 0.1) is 0 Å². The summed E-state index contributed by atoms with van der Waals surface area (Å²) in [5, 5.41) is 0. The molecule has 0 spiro atoms. The molecule has 0 aliphatic heterocycles. The molecule has 0 bridgehead atoms. The molecule has 2 amide bonds. The summed E-state index contributed by atoms with van der Waals surface area (Å²) in [6.45, 7) is 0. The number of hydrogen-bond donors (Lipinski definition) is 2. The fourth-order valence-corrected chi connectivity index (χ4v) is 7.85. The molecule has 4 N–H and O–H groups in total. The van der Waals surface area contributed by atoms with Crippen molar-refractivity contribution in [3.63, 3.8) is 0 Å². The van der Waals surface area contributed by atoms with E-state index in [9.17, 15) is 9.59 Å². The monoisotopic (exact) mass is 719 g/mol. The van der Waals surface area contributed by atoms with Crippen molar-refractivity contribution in [3.05, 3.63) is 0 Å². The maximum Gasteiger partial charge on any atom is 0.217 e. The van der Waals surface area contributed by atoms with Crippen LogP contribution in [0, 0.1) is 0 Å². The van der Waals surface area contributed by atoms with E-state index < -0.39 is 0 Å². The van der Waals surface area contributed by atoms with Gasteiger partial charge >= 0.3 is 0 Å². The summed E-state index contributed by atoms with van der Waals surface area (Å²) in [5.74, 6) is -0.299. The highest BCUT2D eigenvalue weighted by Crippen LogP contribution is 2.18. The van der Waals surface area contributed by atoms with Crippen LogP contribution in [0.5, 0.6) is 0 Å². The van der Waals surface area contributed by atoms with Gasteiger partial charge in [0.1, 0.15) is 0 Å². The first-order valence-electron chi connectivity index (χ1n) is 23.7. The van der Waals surface area contributed by atoms with E-state index in [-0.39, 0.29) is 11.8 Å². The van der Waals surface area contributed by atoms with Gasteiger partial charge in [0, 0.05) is 12.8 Å². The first-order chi connectivity index (χ1) is 25.1. The van der Waals surface area contributed by atoms with Crippen molar-refractivity contribution in [3.8, 4) is 0 Å². The van der Waals surface area contributed by atoms with Crippen LogP contribution in [0.25, 0.3) is 0 Å². The summed E-state index contributed by atoms with van der Waals surface area (Å²) in [4.78, 5) is 21.5. The Balaban J connectivity index is 3.06. The minimum absolute atomic E-state index is 0.149. The van der Waals surface area contributed by atoms with Crippen LogP contribution in [0.15, 0.2) is 0 Å². The number of carbonyl (C=O) groups is 2. The summed E-state index contributed by atoms with van der Waals surface area (Å²) in [5.41, 5.74) is 10.4. The number of unbranched alkanes of at least 4 members (excludes halogenated alkanes) is 42. The Morgan fingerprint density at radius 2 is 0.255 bits per heavy atom. The third kappa shape index (κ3) is 48.9. The van der Waals surface area contributed by atoms with Crippen LogP contribution in [0.4, 0.5) is 0 Å². The molecule has 4 heteroatoms. The maximum atomic E-state index is 10.7. The van der Waals surface area contributed by atoms with Crippen molar-refractivity contribution in [1.82, 2.24) is 0 Å². The summed E-state index contributed by atoms with van der Waals surface area (Å²) >= 11 is 0. The lowest BCUT2D eigenvalue weighted by Gasteiger charge is -2.05. The van der Waals surface area contributed by atoms with E-state index in [0.717, 1.165) is 12.8 Å². The van der Waals surface area contributed by atoms with Crippen molar-refractivity contribution >= 4 is 11.8 Å². The molecular weight excluding hydrogens is 625 g/mol. The van der Waals surface area contributed by atoms with Gasteiger partial charge in [-0.05, 0) is 12.8 Å². The fourth-order valence-electron chi connectivity index (χ4n) is 7.85. The first-order valence-corrected chi connectivity index (χ1v) is 23.7. The van der Waals surface area contributed by atoms with E-state index >= 15 is 0 Å². The predicted molar refractivity (Wildman–Crippen MR) is 226 cm³/mol. The Hall–Kier alpha value is -1.06. The van der Waals surface area contributed by atoms with E-state index in [0.29, 0.717) is 12.8 Å². The molecule has 0 aliphatic carbocycles.